The van der Waals surface area contributed by atoms with Crippen molar-refractivity contribution in [1.29, 1.82) is 0 Å². The lowest BCUT2D eigenvalue weighted by atomic mass is 10.0. The molecule has 0 aliphatic rings. The fourth-order valence-electron chi connectivity index (χ4n) is 2.34. The molecule has 1 aromatic heterocycles. The van der Waals surface area contributed by atoms with Crippen LogP contribution in [0.5, 0.6) is 0 Å². The first kappa shape index (κ1) is 19.3. The van der Waals surface area contributed by atoms with E-state index in [2.05, 4.69) is 27.5 Å². The minimum Gasteiger partial charge on any atom is -0.365 e. The van der Waals surface area contributed by atoms with Crippen molar-refractivity contribution in [3.63, 3.8) is 0 Å². The van der Waals surface area contributed by atoms with Crippen molar-refractivity contribution in [2.45, 2.75) is 26.3 Å². The van der Waals surface area contributed by atoms with Crippen LogP contribution in [0.3, 0.4) is 0 Å². The molecule has 6 N–H and O–H groups in total. The van der Waals surface area contributed by atoms with Gasteiger partial charge in [0.05, 0.1) is 6.04 Å². The number of aromatic nitrogens is 2. The van der Waals surface area contributed by atoms with Gasteiger partial charge in [-0.2, -0.15) is 4.98 Å². The monoisotopic (exact) mass is 356 g/mol. The van der Waals surface area contributed by atoms with E-state index in [4.69, 9.17) is 11.5 Å². The molecular weight excluding hydrogens is 332 g/mol. The maximum atomic E-state index is 11.7. The summed E-state index contributed by atoms with van der Waals surface area (Å²) in [4.78, 5) is 31.3. The molecule has 0 spiro atoms. The summed E-state index contributed by atoms with van der Waals surface area (Å²) in [6, 6.07) is 7.22. The van der Waals surface area contributed by atoms with Gasteiger partial charge >= 0.3 is 0 Å². The summed E-state index contributed by atoms with van der Waals surface area (Å²) >= 11 is 0. The zero-order valence-electron chi connectivity index (χ0n) is 14.9. The van der Waals surface area contributed by atoms with Gasteiger partial charge in [-0.1, -0.05) is 26.0 Å². The summed E-state index contributed by atoms with van der Waals surface area (Å²) in [7, 11) is 0. The van der Waals surface area contributed by atoms with E-state index in [9.17, 15) is 9.59 Å². The van der Waals surface area contributed by atoms with Crippen LogP contribution in [0.2, 0.25) is 0 Å². The molecule has 0 saturated carbocycles. The average molecular weight is 356 g/mol. The van der Waals surface area contributed by atoms with Gasteiger partial charge in [0.15, 0.2) is 0 Å². The number of anilines is 3. The molecule has 0 aliphatic heterocycles. The molecule has 2 aromatic rings. The lowest BCUT2D eigenvalue weighted by Gasteiger charge is -2.19. The second-order valence-electron chi connectivity index (χ2n) is 6.02. The van der Waals surface area contributed by atoms with Crippen molar-refractivity contribution in [2.24, 2.45) is 17.4 Å². The number of amides is 1. The van der Waals surface area contributed by atoms with E-state index in [0.717, 1.165) is 24.0 Å². The third-order valence-electron chi connectivity index (χ3n) is 4.08. The van der Waals surface area contributed by atoms with Crippen LogP contribution >= 0.6 is 0 Å². The third kappa shape index (κ3) is 4.76. The normalized spacial score (nSPS) is 12.9. The van der Waals surface area contributed by atoms with E-state index in [1.54, 1.807) is 0 Å². The predicted octanol–water partition coefficient (Wildman–Crippen LogP) is 1.46. The van der Waals surface area contributed by atoms with Crippen molar-refractivity contribution in [3.8, 4) is 0 Å². The van der Waals surface area contributed by atoms with E-state index in [0.29, 0.717) is 6.54 Å². The number of hydrogen-bond donors (Lipinski definition) is 4. The molecule has 8 heteroatoms. The highest BCUT2D eigenvalue weighted by Crippen LogP contribution is 2.21. The van der Waals surface area contributed by atoms with Crippen LogP contribution in [0.1, 0.15) is 29.8 Å². The van der Waals surface area contributed by atoms with Gasteiger partial charge in [-0.05, 0) is 36.6 Å². The molecule has 2 unspecified atom stereocenters. The molecule has 138 valence electrons. The van der Waals surface area contributed by atoms with Gasteiger partial charge in [-0.25, -0.2) is 4.98 Å². The Hall–Kier alpha value is -3.00. The maximum Gasteiger partial charge on any atom is 0.254 e. The van der Waals surface area contributed by atoms with Crippen LogP contribution in [0.15, 0.2) is 30.5 Å². The molecule has 8 nitrogen and oxygen atoms in total. The van der Waals surface area contributed by atoms with Gasteiger partial charge in [0.1, 0.15) is 17.7 Å². The Kier molecular flexibility index (Phi) is 6.62. The minimum atomic E-state index is -0.645. The van der Waals surface area contributed by atoms with Gasteiger partial charge in [-0.3, -0.25) is 4.79 Å². The Balaban J connectivity index is 2.33. The molecule has 2 rings (SSSR count). The molecule has 1 amide bonds. The number of carbonyl (C=O) groups is 2. The average Bonchev–Trinajstić information content (AvgIpc) is 2.65. The van der Waals surface area contributed by atoms with Gasteiger partial charge in [0.2, 0.25) is 5.95 Å². The van der Waals surface area contributed by atoms with Crippen LogP contribution in [0.25, 0.3) is 0 Å². The number of nitrogens with two attached hydrogens (primary N) is 2. The lowest BCUT2D eigenvalue weighted by molar-refractivity contribution is -0.109. The number of rotatable bonds is 9. The van der Waals surface area contributed by atoms with E-state index in [1.807, 2.05) is 31.2 Å². The Labute approximate surface area is 152 Å². The summed E-state index contributed by atoms with van der Waals surface area (Å²) in [5, 5.41) is 6.03. The fraction of sp³-hybridized carbons (Fsp3) is 0.333. The summed E-state index contributed by atoms with van der Waals surface area (Å²) in [6.45, 7) is 4.24. The minimum absolute atomic E-state index is 0.0930. The molecule has 2 atom stereocenters. The van der Waals surface area contributed by atoms with Crippen molar-refractivity contribution in [2.75, 3.05) is 17.2 Å². The molecule has 0 bridgehead atoms. The fourth-order valence-corrected chi connectivity index (χ4v) is 2.34. The van der Waals surface area contributed by atoms with Crippen LogP contribution in [-0.2, 0) is 11.2 Å². The quantitative estimate of drug-likeness (QED) is 0.499. The molecule has 0 aliphatic carbocycles. The lowest BCUT2D eigenvalue weighted by Crippen LogP contribution is -2.34. The van der Waals surface area contributed by atoms with Crippen molar-refractivity contribution < 1.29 is 9.59 Å². The van der Waals surface area contributed by atoms with E-state index in [-0.39, 0.29) is 23.2 Å². The Morgan fingerprint density at radius 2 is 2.15 bits per heavy atom. The zero-order chi connectivity index (χ0) is 19.1. The van der Waals surface area contributed by atoms with Crippen LogP contribution < -0.4 is 22.1 Å². The SMILES string of the molecule is CCc1cccc(Nc2nc(NC(C=O)C(C)CN)ncc2C(N)=O)c1. The summed E-state index contributed by atoms with van der Waals surface area (Å²) in [5.41, 5.74) is 13.1. The topological polar surface area (TPSA) is 136 Å². The van der Waals surface area contributed by atoms with Crippen molar-refractivity contribution >= 4 is 29.6 Å². The van der Waals surface area contributed by atoms with E-state index < -0.39 is 11.9 Å². The van der Waals surface area contributed by atoms with Gasteiger partial charge in [0.25, 0.3) is 5.91 Å². The number of primary amides is 1. The number of carbonyl (C=O) groups excluding carboxylic acids is 2. The number of benzene rings is 1. The first-order valence-electron chi connectivity index (χ1n) is 8.43. The number of aryl methyl sites for hydroxylation is 1. The van der Waals surface area contributed by atoms with Crippen LogP contribution in [-0.4, -0.2) is 34.7 Å². The number of nitrogens with one attached hydrogen (secondary N) is 2. The third-order valence-corrected chi connectivity index (χ3v) is 4.08. The highest BCUT2D eigenvalue weighted by atomic mass is 16.1. The first-order chi connectivity index (χ1) is 12.5. The van der Waals surface area contributed by atoms with Gasteiger partial charge < -0.3 is 26.9 Å². The van der Waals surface area contributed by atoms with E-state index in [1.165, 1.54) is 6.20 Å². The second-order valence-corrected chi connectivity index (χ2v) is 6.02. The maximum absolute atomic E-state index is 11.7. The molecule has 1 heterocycles. The predicted molar refractivity (Wildman–Crippen MR) is 101 cm³/mol. The molecule has 26 heavy (non-hydrogen) atoms. The number of hydrogen-bond acceptors (Lipinski definition) is 7. The summed E-state index contributed by atoms with van der Waals surface area (Å²) < 4.78 is 0. The van der Waals surface area contributed by atoms with Crippen LogP contribution in [0, 0.1) is 5.92 Å². The first-order valence-corrected chi connectivity index (χ1v) is 8.43. The van der Waals surface area contributed by atoms with Crippen molar-refractivity contribution in [1.82, 2.24) is 9.97 Å². The summed E-state index contributed by atoms with van der Waals surface area (Å²) in [5.74, 6) is -0.257. The standard InChI is InChI=1S/C18H24N6O2/c1-3-12-5-4-6-13(7-12)22-17-14(16(20)26)9-21-18(24-17)23-15(10-25)11(2)8-19/h4-7,9-11,15H,3,8,19H2,1-2H3,(H2,20,26)(H2,21,22,23,24). The number of nitrogens with zero attached hydrogens (tertiary/aromatic N) is 2. The number of aldehydes is 1. The smallest absolute Gasteiger partial charge is 0.254 e. The van der Waals surface area contributed by atoms with Crippen LogP contribution in [0.4, 0.5) is 17.5 Å². The molecule has 1 aromatic carbocycles. The van der Waals surface area contributed by atoms with Crippen molar-refractivity contribution in [3.05, 3.63) is 41.6 Å². The molecule has 0 radical (unpaired) electrons. The highest BCUT2D eigenvalue weighted by molar-refractivity contribution is 5.98. The summed E-state index contributed by atoms with van der Waals surface area (Å²) in [6.07, 6.45) is 2.98. The Morgan fingerprint density at radius 3 is 2.77 bits per heavy atom. The highest BCUT2D eigenvalue weighted by Gasteiger charge is 2.18. The zero-order valence-corrected chi connectivity index (χ0v) is 14.9. The van der Waals surface area contributed by atoms with Gasteiger partial charge in [0, 0.05) is 11.9 Å². The van der Waals surface area contributed by atoms with E-state index >= 15 is 0 Å². The Morgan fingerprint density at radius 1 is 1.38 bits per heavy atom. The molecular formula is C18H24N6O2. The molecule has 0 fully saturated rings. The Bertz CT molecular complexity index is 780. The van der Waals surface area contributed by atoms with Gasteiger partial charge in [-0.15, -0.1) is 0 Å². The largest absolute Gasteiger partial charge is 0.365 e. The molecule has 0 saturated heterocycles. The second kappa shape index (κ2) is 8.91.